The minimum Gasteiger partial charge on any atom is -0.497 e. The molecule has 1 aliphatic heterocycles. The molecule has 5 nitrogen and oxygen atoms in total. The highest BCUT2D eigenvalue weighted by molar-refractivity contribution is 6.30. The number of nitrogens with zero attached hydrogens (tertiary/aromatic N) is 1. The Hall–Kier alpha value is -2.53. The molecule has 2 aromatic carbocycles. The van der Waals surface area contributed by atoms with E-state index in [0.717, 1.165) is 0 Å². The molecule has 1 N–H and O–H groups in total. The molecular formula is C17H15ClN2O3. The molecule has 2 aromatic rings. The van der Waals surface area contributed by atoms with Crippen LogP contribution in [0.25, 0.3) is 0 Å². The lowest BCUT2D eigenvalue weighted by Crippen LogP contribution is -2.34. The lowest BCUT2D eigenvalue weighted by Gasteiger charge is -2.16. The van der Waals surface area contributed by atoms with E-state index in [1.54, 1.807) is 48.5 Å². The van der Waals surface area contributed by atoms with Gasteiger partial charge in [0.15, 0.2) is 0 Å². The number of imide groups is 1. The van der Waals surface area contributed by atoms with Gasteiger partial charge in [-0.15, -0.1) is 0 Å². The molecule has 0 bridgehead atoms. The lowest BCUT2D eigenvalue weighted by atomic mass is 10.2. The van der Waals surface area contributed by atoms with Gasteiger partial charge in [0, 0.05) is 16.8 Å². The van der Waals surface area contributed by atoms with E-state index >= 15 is 0 Å². The van der Waals surface area contributed by atoms with Gasteiger partial charge in [0.2, 0.25) is 5.91 Å². The predicted molar refractivity (Wildman–Crippen MR) is 89.0 cm³/mol. The molecule has 2 amide bonds. The van der Waals surface area contributed by atoms with Gasteiger partial charge in [-0.2, -0.15) is 0 Å². The third-order valence-electron chi connectivity index (χ3n) is 3.62. The average molecular weight is 331 g/mol. The van der Waals surface area contributed by atoms with Crippen molar-refractivity contribution in [2.24, 2.45) is 0 Å². The maximum absolute atomic E-state index is 12.6. The zero-order chi connectivity index (χ0) is 16.4. The van der Waals surface area contributed by atoms with Crippen molar-refractivity contribution in [3.8, 4) is 5.75 Å². The second kappa shape index (κ2) is 6.30. The SMILES string of the molecule is COc1cccc(N2C(=O)C[C@H](Nc3cccc(Cl)c3)C2=O)c1. The molecule has 0 radical (unpaired) electrons. The third kappa shape index (κ3) is 3.14. The van der Waals surface area contributed by atoms with Gasteiger partial charge in [-0.3, -0.25) is 9.59 Å². The molecule has 1 fully saturated rings. The van der Waals surface area contributed by atoms with Gasteiger partial charge < -0.3 is 10.1 Å². The molecule has 23 heavy (non-hydrogen) atoms. The van der Waals surface area contributed by atoms with E-state index in [9.17, 15) is 9.59 Å². The van der Waals surface area contributed by atoms with Crippen LogP contribution in [0.1, 0.15) is 6.42 Å². The lowest BCUT2D eigenvalue weighted by molar-refractivity contribution is -0.121. The van der Waals surface area contributed by atoms with Crippen LogP contribution in [0.4, 0.5) is 11.4 Å². The number of benzene rings is 2. The summed E-state index contributed by atoms with van der Waals surface area (Å²) in [6.45, 7) is 0. The van der Waals surface area contributed by atoms with Gasteiger partial charge in [-0.05, 0) is 30.3 Å². The fourth-order valence-electron chi connectivity index (χ4n) is 2.54. The number of carbonyl (C=O) groups excluding carboxylic acids is 2. The number of halogens is 1. The Morgan fingerprint density at radius 3 is 2.70 bits per heavy atom. The normalized spacial score (nSPS) is 17.5. The minimum absolute atomic E-state index is 0.0998. The third-order valence-corrected chi connectivity index (χ3v) is 3.86. The Balaban J connectivity index is 1.82. The topological polar surface area (TPSA) is 58.6 Å². The summed E-state index contributed by atoms with van der Waals surface area (Å²) in [4.78, 5) is 26.0. The summed E-state index contributed by atoms with van der Waals surface area (Å²) in [6, 6.07) is 13.3. The number of ether oxygens (including phenoxy) is 1. The molecule has 0 spiro atoms. The number of amides is 2. The van der Waals surface area contributed by atoms with E-state index in [2.05, 4.69) is 5.32 Å². The zero-order valence-corrected chi connectivity index (χ0v) is 13.2. The standard InChI is InChI=1S/C17H15ClN2O3/c1-23-14-7-3-6-13(9-14)20-16(21)10-15(17(20)22)19-12-5-2-4-11(18)8-12/h2-9,15,19H,10H2,1H3/t15-/m0/s1. The van der Waals surface area contributed by atoms with E-state index in [4.69, 9.17) is 16.3 Å². The highest BCUT2D eigenvalue weighted by Crippen LogP contribution is 2.28. The van der Waals surface area contributed by atoms with Crippen LogP contribution in [-0.4, -0.2) is 25.0 Å². The summed E-state index contributed by atoms with van der Waals surface area (Å²) in [6.07, 6.45) is 0.0998. The van der Waals surface area contributed by atoms with Crippen molar-refractivity contribution in [2.75, 3.05) is 17.3 Å². The molecular weight excluding hydrogens is 316 g/mol. The number of carbonyl (C=O) groups is 2. The highest BCUT2D eigenvalue weighted by Gasteiger charge is 2.39. The Morgan fingerprint density at radius 2 is 1.96 bits per heavy atom. The van der Waals surface area contributed by atoms with Crippen LogP contribution in [0.3, 0.4) is 0 Å². The molecule has 0 saturated carbocycles. The fraction of sp³-hybridized carbons (Fsp3) is 0.176. The molecule has 1 atom stereocenters. The quantitative estimate of drug-likeness (QED) is 0.875. The van der Waals surface area contributed by atoms with Gasteiger partial charge in [0.1, 0.15) is 11.8 Å². The number of nitrogens with one attached hydrogen (secondary N) is 1. The van der Waals surface area contributed by atoms with Crippen LogP contribution in [-0.2, 0) is 9.59 Å². The van der Waals surface area contributed by atoms with E-state index in [1.807, 2.05) is 0 Å². The summed E-state index contributed by atoms with van der Waals surface area (Å²) < 4.78 is 5.14. The maximum atomic E-state index is 12.6. The van der Waals surface area contributed by atoms with Crippen molar-refractivity contribution >= 4 is 34.8 Å². The summed E-state index contributed by atoms with van der Waals surface area (Å²) in [7, 11) is 1.54. The van der Waals surface area contributed by atoms with Gasteiger partial charge in [-0.25, -0.2) is 4.90 Å². The Bertz CT molecular complexity index is 763. The van der Waals surface area contributed by atoms with E-state index in [0.29, 0.717) is 22.1 Å². The first-order valence-electron chi connectivity index (χ1n) is 7.11. The van der Waals surface area contributed by atoms with E-state index < -0.39 is 6.04 Å². The minimum atomic E-state index is -0.604. The van der Waals surface area contributed by atoms with Gasteiger partial charge in [0.05, 0.1) is 19.2 Å². The summed E-state index contributed by atoms with van der Waals surface area (Å²) >= 11 is 5.94. The smallest absolute Gasteiger partial charge is 0.256 e. The molecule has 0 aliphatic carbocycles. The monoisotopic (exact) mass is 330 g/mol. The van der Waals surface area contributed by atoms with Gasteiger partial charge >= 0.3 is 0 Å². The Morgan fingerprint density at radius 1 is 1.17 bits per heavy atom. The molecule has 1 saturated heterocycles. The second-order valence-electron chi connectivity index (χ2n) is 5.18. The first-order chi connectivity index (χ1) is 11.1. The second-order valence-corrected chi connectivity index (χ2v) is 5.62. The zero-order valence-electron chi connectivity index (χ0n) is 12.5. The Labute approximate surface area is 138 Å². The summed E-state index contributed by atoms with van der Waals surface area (Å²) in [5, 5.41) is 3.63. The fourth-order valence-corrected chi connectivity index (χ4v) is 2.74. The number of hydrogen-bond donors (Lipinski definition) is 1. The highest BCUT2D eigenvalue weighted by atomic mass is 35.5. The molecule has 118 valence electrons. The molecule has 1 aliphatic rings. The number of hydrogen-bond acceptors (Lipinski definition) is 4. The average Bonchev–Trinajstić information content (AvgIpc) is 2.81. The van der Waals surface area contributed by atoms with Crippen LogP contribution >= 0.6 is 11.6 Å². The van der Waals surface area contributed by atoms with Gasteiger partial charge in [0.25, 0.3) is 5.91 Å². The van der Waals surface area contributed by atoms with E-state index in [1.165, 1.54) is 12.0 Å². The Kier molecular flexibility index (Phi) is 4.21. The van der Waals surface area contributed by atoms with Crippen molar-refractivity contribution in [3.63, 3.8) is 0 Å². The van der Waals surface area contributed by atoms with Crippen molar-refractivity contribution in [2.45, 2.75) is 12.5 Å². The first kappa shape index (κ1) is 15.4. The maximum Gasteiger partial charge on any atom is 0.256 e. The summed E-state index contributed by atoms with van der Waals surface area (Å²) in [5.74, 6) is 0.0559. The van der Waals surface area contributed by atoms with Crippen LogP contribution in [0.15, 0.2) is 48.5 Å². The van der Waals surface area contributed by atoms with E-state index in [-0.39, 0.29) is 18.2 Å². The van der Waals surface area contributed by atoms with Crippen molar-refractivity contribution in [1.29, 1.82) is 0 Å². The largest absolute Gasteiger partial charge is 0.497 e. The van der Waals surface area contributed by atoms with Crippen molar-refractivity contribution in [3.05, 3.63) is 53.6 Å². The summed E-state index contributed by atoms with van der Waals surface area (Å²) in [5.41, 5.74) is 1.21. The van der Waals surface area contributed by atoms with Crippen molar-refractivity contribution in [1.82, 2.24) is 0 Å². The van der Waals surface area contributed by atoms with Crippen LogP contribution in [0.5, 0.6) is 5.75 Å². The molecule has 0 unspecified atom stereocenters. The number of rotatable bonds is 4. The number of methoxy groups -OCH3 is 1. The molecule has 1 heterocycles. The van der Waals surface area contributed by atoms with Gasteiger partial charge in [-0.1, -0.05) is 23.7 Å². The molecule has 6 heteroatoms. The molecule has 0 aromatic heterocycles. The number of anilines is 2. The van der Waals surface area contributed by atoms with Crippen LogP contribution < -0.4 is 15.0 Å². The molecule has 3 rings (SSSR count). The van der Waals surface area contributed by atoms with Crippen molar-refractivity contribution < 1.29 is 14.3 Å². The predicted octanol–water partition coefficient (Wildman–Crippen LogP) is 3.09. The van der Waals surface area contributed by atoms with Crippen LogP contribution in [0.2, 0.25) is 5.02 Å². The van der Waals surface area contributed by atoms with Crippen LogP contribution in [0, 0.1) is 0 Å². The first-order valence-corrected chi connectivity index (χ1v) is 7.49.